The first-order valence-electron chi connectivity index (χ1n) is 9.27. The van der Waals surface area contributed by atoms with E-state index >= 15 is 0 Å². The van der Waals surface area contributed by atoms with Crippen molar-refractivity contribution in [2.24, 2.45) is 5.92 Å². The van der Waals surface area contributed by atoms with Crippen LogP contribution < -0.4 is 0 Å². The second-order valence-electron chi connectivity index (χ2n) is 7.95. The van der Waals surface area contributed by atoms with E-state index in [-0.39, 0.29) is 0 Å². The van der Waals surface area contributed by atoms with Crippen LogP contribution in [0.4, 0.5) is 0 Å². The molecule has 0 bridgehead atoms. The summed E-state index contributed by atoms with van der Waals surface area (Å²) >= 11 is 0. The average Bonchev–Trinajstić information content (AvgIpc) is 3.32. The Morgan fingerprint density at radius 2 is 1.73 bits per heavy atom. The molecule has 3 unspecified atom stereocenters. The molecule has 0 aromatic heterocycles. The second-order valence-corrected chi connectivity index (χ2v) is 7.95. The third-order valence-electron chi connectivity index (χ3n) is 5.64. The molecule has 3 rings (SSSR count). The molecule has 0 aromatic carbocycles. The van der Waals surface area contributed by atoms with Crippen molar-refractivity contribution < 1.29 is 9.47 Å². The van der Waals surface area contributed by atoms with Crippen LogP contribution in [0.3, 0.4) is 0 Å². The Labute approximate surface area is 136 Å². The van der Waals surface area contributed by atoms with Gasteiger partial charge >= 0.3 is 0 Å². The summed E-state index contributed by atoms with van der Waals surface area (Å²) in [5.74, 6) is 0.897. The largest absolute Gasteiger partial charge is 0.378 e. The molecule has 0 N–H and O–H groups in total. The Bertz CT molecular complexity index is 357. The van der Waals surface area contributed by atoms with Crippen molar-refractivity contribution in [1.82, 2.24) is 9.80 Å². The van der Waals surface area contributed by atoms with E-state index in [0.717, 1.165) is 45.2 Å². The van der Waals surface area contributed by atoms with Crippen LogP contribution in [0, 0.1) is 5.92 Å². The van der Waals surface area contributed by atoms with Gasteiger partial charge < -0.3 is 9.47 Å². The van der Waals surface area contributed by atoms with Gasteiger partial charge in [0.05, 0.1) is 25.9 Å². The summed E-state index contributed by atoms with van der Waals surface area (Å²) in [6, 6.07) is 2.41. The number of nitrogens with zero attached hydrogens (tertiary/aromatic N) is 2. The van der Waals surface area contributed by atoms with Crippen molar-refractivity contribution in [3.05, 3.63) is 0 Å². The SMILES string of the molecule is CC(C)N1CCOCC1CC1CN(C(C)C)C(C2CC2)CO1. The van der Waals surface area contributed by atoms with Crippen LogP contribution in [0.25, 0.3) is 0 Å². The number of hydrogen-bond donors (Lipinski definition) is 0. The zero-order chi connectivity index (χ0) is 15.7. The number of rotatable bonds is 5. The topological polar surface area (TPSA) is 24.9 Å². The van der Waals surface area contributed by atoms with Gasteiger partial charge in [0, 0.05) is 37.3 Å². The molecule has 4 heteroatoms. The molecule has 2 heterocycles. The van der Waals surface area contributed by atoms with E-state index in [2.05, 4.69) is 37.5 Å². The molecule has 2 saturated heterocycles. The number of morpholine rings is 2. The van der Waals surface area contributed by atoms with E-state index in [4.69, 9.17) is 9.47 Å². The molecule has 0 spiro atoms. The van der Waals surface area contributed by atoms with Crippen LogP contribution in [0.2, 0.25) is 0 Å². The quantitative estimate of drug-likeness (QED) is 0.778. The van der Waals surface area contributed by atoms with Crippen molar-refractivity contribution in [2.75, 3.05) is 32.9 Å². The summed E-state index contributed by atoms with van der Waals surface area (Å²) in [6.07, 6.45) is 4.28. The monoisotopic (exact) mass is 310 g/mol. The predicted octanol–water partition coefficient (Wildman–Crippen LogP) is 2.37. The van der Waals surface area contributed by atoms with E-state index in [1.165, 1.54) is 12.8 Å². The van der Waals surface area contributed by atoms with Crippen LogP contribution in [-0.2, 0) is 9.47 Å². The smallest absolute Gasteiger partial charge is 0.0718 e. The van der Waals surface area contributed by atoms with Gasteiger partial charge in [0.15, 0.2) is 0 Å². The number of hydrogen-bond acceptors (Lipinski definition) is 4. The molecular weight excluding hydrogens is 276 g/mol. The lowest BCUT2D eigenvalue weighted by molar-refractivity contribution is -0.105. The molecule has 4 nitrogen and oxygen atoms in total. The van der Waals surface area contributed by atoms with Crippen molar-refractivity contribution in [3.63, 3.8) is 0 Å². The van der Waals surface area contributed by atoms with E-state index < -0.39 is 0 Å². The molecule has 0 aromatic rings. The van der Waals surface area contributed by atoms with Crippen LogP contribution in [0.5, 0.6) is 0 Å². The molecule has 128 valence electrons. The highest BCUT2D eigenvalue weighted by Gasteiger charge is 2.41. The Hall–Kier alpha value is -0.160. The summed E-state index contributed by atoms with van der Waals surface area (Å²) in [4.78, 5) is 5.30. The Morgan fingerprint density at radius 3 is 2.36 bits per heavy atom. The van der Waals surface area contributed by atoms with Crippen LogP contribution in [0.1, 0.15) is 47.0 Å². The Balaban J connectivity index is 1.58. The summed E-state index contributed by atoms with van der Waals surface area (Å²) in [5.41, 5.74) is 0. The normalized spacial score (nSPS) is 35.5. The van der Waals surface area contributed by atoms with Gasteiger partial charge in [-0.2, -0.15) is 0 Å². The minimum absolute atomic E-state index is 0.366. The highest BCUT2D eigenvalue weighted by atomic mass is 16.5. The van der Waals surface area contributed by atoms with Crippen LogP contribution in [0.15, 0.2) is 0 Å². The highest BCUT2D eigenvalue weighted by Crippen LogP contribution is 2.38. The summed E-state index contributed by atoms with van der Waals surface area (Å²) in [5, 5.41) is 0. The van der Waals surface area contributed by atoms with Gasteiger partial charge in [0.1, 0.15) is 0 Å². The van der Waals surface area contributed by atoms with E-state index in [9.17, 15) is 0 Å². The average molecular weight is 310 g/mol. The fourth-order valence-corrected chi connectivity index (χ4v) is 4.23. The van der Waals surface area contributed by atoms with Crippen molar-refractivity contribution in [1.29, 1.82) is 0 Å². The molecule has 3 aliphatic rings. The molecule has 22 heavy (non-hydrogen) atoms. The molecule has 0 radical (unpaired) electrons. The lowest BCUT2D eigenvalue weighted by atomic mass is 10.0. The molecule has 0 amide bonds. The third kappa shape index (κ3) is 3.84. The molecule has 1 aliphatic carbocycles. The Kier molecular flexibility index (Phi) is 5.43. The summed E-state index contributed by atoms with van der Waals surface area (Å²) < 4.78 is 12.0. The summed E-state index contributed by atoms with van der Waals surface area (Å²) in [7, 11) is 0. The maximum absolute atomic E-state index is 6.28. The zero-order valence-electron chi connectivity index (χ0n) is 14.8. The fraction of sp³-hybridized carbons (Fsp3) is 1.00. The lowest BCUT2D eigenvalue weighted by Gasteiger charge is -2.45. The fourth-order valence-electron chi connectivity index (χ4n) is 4.23. The Morgan fingerprint density at radius 1 is 1.00 bits per heavy atom. The van der Waals surface area contributed by atoms with Gasteiger partial charge in [0.2, 0.25) is 0 Å². The van der Waals surface area contributed by atoms with Gasteiger partial charge in [0.25, 0.3) is 0 Å². The lowest BCUT2D eigenvalue weighted by Crippen LogP contribution is -2.56. The van der Waals surface area contributed by atoms with Gasteiger partial charge in [-0.3, -0.25) is 9.80 Å². The standard InChI is InChI=1S/C18H34N2O2/c1-13(2)19-7-8-21-11-16(19)9-17-10-20(14(3)4)18(12-22-17)15-5-6-15/h13-18H,5-12H2,1-4H3. The van der Waals surface area contributed by atoms with Gasteiger partial charge in [-0.05, 0) is 52.9 Å². The molecule has 3 fully saturated rings. The molecule has 1 saturated carbocycles. The maximum Gasteiger partial charge on any atom is 0.0718 e. The first-order chi connectivity index (χ1) is 10.6. The van der Waals surface area contributed by atoms with Crippen LogP contribution >= 0.6 is 0 Å². The zero-order valence-corrected chi connectivity index (χ0v) is 14.8. The minimum atomic E-state index is 0.366. The van der Waals surface area contributed by atoms with Crippen molar-refractivity contribution >= 4 is 0 Å². The molecular formula is C18H34N2O2. The molecule has 2 aliphatic heterocycles. The van der Waals surface area contributed by atoms with E-state index in [1.807, 2.05) is 0 Å². The first kappa shape index (κ1) is 16.7. The maximum atomic E-state index is 6.28. The van der Waals surface area contributed by atoms with Gasteiger partial charge in [-0.1, -0.05) is 0 Å². The van der Waals surface area contributed by atoms with Gasteiger partial charge in [-0.25, -0.2) is 0 Å². The van der Waals surface area contributed by atoms with Crippen LogP contribution in [-0.4, -0.2) is 73.0 Å². The first-order valence-corrected chi connectivity index (χ1v) is 9.27. The van der Waals surface area contributed by atoms with Gasteiger partial charge in [-0.15, -0.1) is 0 Å². The summed E-state index contributed by atoms with van der Waals surface area (Å²) in [6.45, 7) is 14.1. The second kappa shape index (κ2) is 7.16. The number of ether oxygens (including phenoxy) is 2. The predicted molar refractivity (Wildman–Crippen MR) is 89.2 cm³/mol. The molecule has 3 atom stereocenters. The van der Waals surface area contributed by atoms with E-state index in [0.29, 0.717) is 30.3 Å². The van der Waals surface area contributed by atoms with Crippen molar-refractivity contribution in [2.45, 2.75) is 77.2 Å². The van der Waals surface area contributed by atoms with Crippen molar-refractivity contribution in [3.8, 4) is 0 Å². The van der Waals surface area contributed by atoms with E-state index in [1.54, 1.807) is 0 Å². The third-order valence-corrected chi connectivity index (χ3v) is 5.64. The minimum Gasteiger partial charge on any atom is -0.378 e. The highest BCUT2D eigenvalue weighted by molar-refractivity contribution is 4.94.